The summed E-state index contributed by atoms with van der Waals surface area (Å²) < 4.78 is 1.77. The molecule has 0 saturated carbocycles. The van der Waals surface area contributed by atoms with Crippen molar-refractivity contribution in [3.63, 3.8) is 0 Å². The Labute approximate surface area is 181 Å². The number of aromatic amines is 1. The van der Waals surface area contributed by atoms with Gasteiger partial charge in [0.1, 0.15) is 0 Å². The number of carbonyl (C=O) groups is 1. The van der Waals surface area contributed by atoms with Gasteiger partial charge in [-0.25, -0.2) is 4.68 Å². The molecule has 1 fully saturated rings. The molecule has 3 N–H and O–H groups in total. The summed E-state index contributed by atoms with van der Waals surface area (Å²) in [5.74, 6) is 0.430. The smallest absolute Gasteiger partial charge is 0.280 e. The van der Waals surface area contributed by atoms with Crippen molar-refractivity contribution in [2.75, 3.05) is 18.4 Å². The fourth-order valence-corrected chi connectivity index (χ4v) is 3.37. The fourth-order valence-electron chi connectivity index (χ4n) is 3.37. The van der Waals surface area contributed by atoms with Crippen molar-refractivity contribution in [2.45, 2.75) is 45.1 Å². The molecule has 3 aromatic rings. The third-order valence-electron chi connectivity index (χ3n) is 5.16. The van der Waals surface area contributed by atoms with Crippen molar-refractivity contribution >= 4 is 24.3 Å². The molecule has 4 rings (SSSR count). The van der Waals surface area contributed by atoms with Crippen LogP contribution in [0, 0.1) is 0 Å². The van der Waals surface area contributed by atoms with Crippen LogP contribution in [0.25, 0.3) is 11.4 Å². The lowest BCUT2D eigenvalue weighted by Crippen LogP contribution is -2.29. The Morgan fingerprint density at radius 3 is 2.53 bits per heavy atom. The first-order valence-electron chi connectivity index (χ1n) is 9.87. The van der Waals surface area contributed by atoms with Gasteiger partial charge in [-0.3, -0.25) is 15.2 Å². The minimum absolute atomic E-state index is 0. The number of anilines is 1. The zero-order valence-corrected chi connectivity index (χ0v) is 18.2. The Balaban J connectivity index is 0.00000256. The summed E-state index contributed by atoms with van der Waals surface area (Å²) in [6.45, 7) is 8.41. The van der Waals surface area contributed by atoms with Gasteiger partial charge in [0, 0.05) is 5.56 Å². The number of carbonyl (C=O) groups excluding carboxylic acids is 1. The van der Waals surface area contributed by atoms with Crippen LogP contribution in [-0.2, 0) is 5.41 Å². The van der Waals surface area contributed by atoms with Crippen molar-refractivity contribution in [3.05, 3.63) is 41.7 Å². The third kappa shape index (κ3) is 4.85. The molecular formula is C20H27ClN8O. The zero-order valence-electron chi connectivity index (χ0n) is 17.3. The van der Waals surface area contributed by atoms with Gasteiger partial charge in [0.25, 0.3) is 5.91 Å². The number of H-pyrrole nitrogens is 1. The predicted molar refractivity (Wildman–Crippen MR) is 117 cm³/mol. The van der Waals surface area contributed by atoms with E-state index >= 15 is 0 Å². The number of amides is 1. The molecule has 1 saturated heterocycles. The number of nitrogens with zero attached hydrogens (tertiary/aromatic N) is 5. The quantitative estimate of drug-likeness (QED) is 0.586. The average molecular weight is 431 g/mol. The van der Waals surface area contributed by atoms with Gasteiger partial charge in [0.2, 0.25) is 5.95 Å². The molecule has 0 bridgehead atoms. The van der Waals surface area contributed by atoms with Crippen LogP contribution in [0.5, 0.6) is 0 Å². The van der Waals surface area contributed by atoms with E-state index in [1.807, 2.05) is 12.1 Å². The Morgan fingerprint density at radius 2 is 1.87 bits per heavy atom. The Kier molecular flexibility index (Phi) is 6.52. The van der Waals surface area contributed by atoms with Crippen LogP contribution in [0.15, 0.2) is 30.5 Å². The lowest BCUT2D eigenvalue weighted by atomic mass is 9.87. The van der Waals surface area contributed by atoms with Crippen LogP contribution in [-0.4, -0.2) is 49.2 Å². The highest BCUT2D eigenvalue weighted by atomic mass is 35.5. The van der Waals surface area contributed by atoms with Gasteiger partial charge in [0.05, 0.1) is 12.2 Å². The van der Waals surface area contributed by atoms with E-state index in [4.69, 9.17) is 0 Å². The van der Waals surface area contributed by atoms with Crippen molar-refractivity contribution in [1.82, 2.24) is 35.5 Å². The number of hydrogen-bond acceptors (Lipinski definition) is 6. The van der Waals surface area contributed by atoms with Gasteiger partial charge < -0.3 is 5.32 Å². The standard InChI is InChI=1S/C20H26N8O.ClH/c1-20(2,3)14-6-4-13(5-7-14)17-22-19(26-25-17)23-18(29)16-12-28(27-24-16)15-8-10-21-11-9-15;/h4-7,12,15,21H,8-11H2,1-3H3,(H2,22,23,25,26,29);1H. The minimum atomic E-state index is -0.376. The molecule has 0 aliphatic carbocycles. The van der Waals surface area contributed by atoms with Crippen molar-refractivity contribution in [1.29, 1.82) is 0 Å². The van der Waals surface area contributed by atoms with Gasteiger partial charge >= 0.3 is 0 Å². The van der Waals surface area contributed by atoms with Crippen molar-refractivity contribution < 1.29 is 4.79 Å². The van der Waals surface area contributed by atoms with E-state index in [2.05, 4.69) is 69.0 Å². The van der Waals surface area contributed by atoms with Gasteiger partial charge in [-0.05, 0) is 36.9 Å². The maximum atomic E-state index is 12.5. The molecule has 0 spiro atoms. The second-order valence-electron chi connectivity index (χ2n) is 8.35. The van der Waals surface area contributed by atoms with Crippen LogP contribution in [0.1, 0.15) is 55.7 Å². The largest absolute Gasteiger partial charge is 0.317 e. The highest BCUT2D eigenvalue weighted by Crippen LogP contribution is 2.25. The van der Waals surface area contributed by atoms with Gasteiger partial charge in [-0.15, -0.1) is 22.6 Å². The van der Waals surface area contributed by atoms with Crippen LogP contribution < -0.4 is 10.6 Å². The van der Waals surface area contributed by atoms with E-state index in [0.29, 0.717) is 5.82 Å². The molecule has 30 heavy (non-hydrogen) atoms. The van der Waals surface area contributed by atoms with Gasteiger partial charge in [-0.2, -0.15) is 4.98 Å². The molecule has 3 heterocycles. The van der Waals surface area contributed by atoms with Crippen molar-refractivity contribution in [2.24, 2.45) is 0 Å². The maximum absolute atomic E-state index is 12.5. The van der Waals surface area contributed by atoms with E-state index in [-0.39, 0.29) is 41.4 Å². The molecule has 2 aromatic heterocycles. The number of nitrogens with one attached hydrogen (secondary N) is 3. The highest BCUT2D eigenvalue weighted by Gasteiger charge is 2.20. The monoisotopic (exact) mass is 430 g/mol. The number of benzene rings is 1. The molecule has 1 aromatic carbocycles. The van der Waals surface area contributed by atoms with E-state index in [1.165, 1.54) is 5.56 Å². The molecule has 1 aliphatic heterocycles. The molecular weight excluding hydrogens is 404 g/mol. The maximum Gasteiger partial charge on any atom is 0.280 e. The first kappa shape index (κ1) is 21.9. The lowest BCUT2D eigenvalue weighted by Gasteiger charge is -2.21. The Morgan fingerprint density at radius 1 is 1.17 bits per heavy atom. The normalized spacial score (nSPS) is 14.9. The number of aromatic nitrogens is 6. The van der Waals surface area contributed by atoms with Gasteiger partial charge in [-0.1, -0.05) is 50.3 Å². The van der Waals surface area contributed by atoms with Crippen LogP contribution >= 0.6 is 12.4 Å². The summed E-state index contributed by atoms with van der Waals surface area (Å²) in [7, 11) is 0. The topological polar surface area (TPSA) is 113 Å². The van der Waals surface area contributed by atoms with Gasteiger partial charge in [0.15, 0.2) is 11.5 Å². The molecule has 0 unspecified atom stereocenters. The van der Waals surface area contributed by atoms with Crippen LogP contribution in [0.4, 0.5) is 5.95 Å². The van der Waals surface area contributed by atoms with E-state index in [9.17, 15) is 4.79 Å². The Hall–Kier alpha value is -2.78. The third-order valence-corrected chi connectivity index (χ3v) is 5.16. The average Bonchev–Trinajstić information content (AvgIpc) is 3.38. The number of halogens is 1. The summed E-state index contributed by atoms with van der Waals surface area (Å²) in [6.07, 6.45) is 3.63. The van der Waals surface area contributed by atoms with Crippen LogP contribution in [0.3, 0.4) is 0 Å². The first-order chi connectivity index (χ1) is 13.9. The summed E-state index contributed by atoms with van der Waals surface area (Å²) in [5, 5.41) is 21.1. The van der Waals surface area contributed by atoms with E-state index < -0.39 is 0 Å². The lowest BCUT2D eigenvalue weighted by molar-refractivity contribution is 0.102. The van der Waals surface area contributed by atoms with E-state index in [0.717, 1.165) is 31.5 Å². The summed E-state index contributed by atoms with van der Waals surface area (Å²) in [4.78, 5) is 16.9. The second kappa shape index (κ2) is 8.93. The number of piperidine rings is 1. The summed E-state index contributed by atoms with van der Waals surface area (Å²) in [6, 6.07) is 8.43. The molecule has 0 radical (unpaired) electrons. The Bertz CT molecular complexity index is 983. The minimum Gasteiger partial charge on any atom is -0.317 e. The zero-order chi connectivity index (χ0) is 20.4. The first-order valence-corrected chi connectivity index (χ1v) is 9.87. The fraction of sp³-hybridized carbons (Fsp3) is 0.450. The second-order valence-corrected chi connectivity index (χ2v) is 8.35. The van der Waals surface area contributed by atoms with Crippen molar-refractivity contribution in [3.8, 4) is 11.4 Å². The molecule has 160 valence electrons. The molecule has 0 atom stereocenters. The van der Waals surface area contributed by atoms with Crippen LogP contribution in [0.2, 0.25) is 0 Å². The predicted octanol–water partition coefficient (Wildman–Crippen LogP) is 2.96. The SMILES string of the molecule is CC(C)(C)c1ccc(-c2nc(NC(=O)c3cn(C4CCNCC4)nn3)n[nH]2)cc1.Cl. The summed E-state index contributed by atoms with van der Waals surface area (Å²) >= 11 is 0. The summed E-state index contributed by atoms with van der Waals surface area (Å²) in [5.41, 5.74) is 2.49. The molecule has 1 amide bonds. The van der Waals surface area contributed by atoms with E-state index in [1.54, 1.807) is 10.9 Å². The number of rotatable bonds is 4. The number of hydrogen-bond donors (Lipinski definition) is 3. The molecule has 1 aliphatic rings. The highest BCUT2D eigenvalue weighted by molar-refractivity contribution is 6.01. The molecule has 9 nitrogen and oxygen atoms in total. The molecule has 10 heteroatoms.